The van der Waals surface area contributed by atoms with E-state index < -0.39 is 17.5 Å². The molecule has 4 nitrogen and oxygen atoms in total. The molecule has 0 aliphatic heterocycles. The van der Waals surface area contributed by atoms with E-state index in [1.54, 1.807) is 0 Å². The van der Waals surface area contributed by atoms with Crippen molar-refractivity contribution in [3.8, 4) is 5.75 Å². The van der Waals surface area contributed by atoms with Gasteiger partial charge < -0.3 is 15.2 Å². The van der Waals surface area contributed by atoms with Gasteiger partial charge in [-0.15, -0.1) is 0 Å². The van der Waals surface area contributed by atoms with Crippen molar-refractivity contribution in [1.29, 1.82) is 0 Å². The van der Waals surface area contributed by atoms with Gasteiger partial charge in [0.2, 0.25) is 0 Å². The number of aromatic amines is 1. The lowest BCUT2D eigenvalue weighted by molar-refractivity contribution is -0.136. The van der Waals surface area contributed by atoms with Gasteiger partial charge in [0, 0.05) is 11.6 Å². The first-order valence-electron chi connectivity index (χ1n) is 4.29. The number of rotatable bonds is 2. The van der Waals surface area contributed by atoms with E-state index in [-0.39, 0.29) is 11.9 Å². The molecule has 0 amide bonds. The summed E-state index contributed by atoms with van der Waals surface area (Å²) >= 11 is 0. The number of phenolic OH excluding ortho intramolecular Hbond substituents is 1. The van der Waals surface area contributed by atoms with Crippen LogP contribution < -0.4 is 0 Å². The van der Waals surface area contributed by atoms with Crippen molar-refractivity contribution in [2.24, 2.45) is 0 Å². The van der Waals surface area contributed by atoms with Crippen molar-refractivity contribution < 1.29 is 19.4 Å². The van der Waals surface area contributed by atoms with Gasteiger partial charge in [-0.25, -0.2) is 4.39 Å². The van der Waals surface area contributed by atoms with E-state index in [9.17, 15) is 14.3 Å². The van der Waals surface area contributed by atoms with Crippen LogP contribution in [0, 0.1) is 5.82 Å². The third-order valence-electron chi connectivity index (χ3n) is 2.21. The topological polar surface area (TPSA) is 73.3 Å². The van der Waals surface area contributed by atoms with E-state index in [0.717, 1.165) is 6.07 Å². The summed E-state index contributed by atoms with van der Waals surface area (Å²) in [7, 11) is 0. The summed E-state index contributed by atoms with van der Waals surface area (Å²) in [5.74, 6) is -2.19. The Morgan fingerprint density at radius 2 is 2.20 bits per heavy atom. The maximum Gasteiger partial charge on any atom is 0.307 e. The number of H-pyrrole nitrogens is 1. The number of nitrogens with one attached hydrogen (secondary N) is 1. The first-order chi connectivity index (χ1) is 7.09. The molecule has 2 rings (SSSR count). The van der Waals surface area contributed by atoms with Gasteiger partial charge in [-0.05, 0) is 17.7 Å². The summed E-state index contributed by atoms with van der Waals surface area (Å²) in [6.45, 7) is 0. The molecule has 0 radical (unpaired) electrons. The average Bonchev–Trinajstić information content (AvgIpc) is 2.55. The van der Waals surface area contributed by atoms with E-state index in [2.05, 4.69) is 4.98 Å². The second kappa shape index (κ2) is 3.27. The van der Waals surface area contributed by atoms with Gasteiger partial charge in [0.05, 0.1) is 11.9 Å². The predicted octanol–water partition coefficient (Wildman–Crippen LogP) is 1.64. The highest BCUT2D eigenvalue weighted by Crippen LogP contribution is 2.28. The number of aliphatic carboxylic acids is 1. The van der Waals surface area contributed by atoms with Crippen LogP contribution in [-0.2, 0) is 11.2 Å². The fraction of sp³-hybridized carbons (Fsp3) is 0.100. The van der Waals surface area contributed by atoms with Crippen LogP contribution in [0.3, 0.4) is 0 Å². The van der Waals surface area contributed by atoms with Crippen molar-refractivity contribution in [3.05, 3.63) is 29.7 Å². The molecule has 0 fully saturated rings. The SMILES string of the molecule is O=C(O)Cc1c[nH]c2c(O)c(F)ccc12. The molecule has 0 atom stereocenters. The summed E-state index contributed by atoms with van der Waals surface area (Å²) in [6, 6.07) is 2.55. The minimum Gasteiger partial charge on any atom is -0.503 e. The summed E-state index contributed by atoms with van der Waals surface area (Å²) in [6.07, 6.45) is 1.29. The standard InChI is InChI=1S/C10H8FNO3/c11-7-2-1-6-5(3-8(13)14)4-12-9(6)10(7)15/h1-2,4,12,15H,3H2,(H,13,14). The minimum absolute atomic E-state index is 0.162. The van der Waals surface area contributed by atoms with Crippen molar-refractivity contribution in [1.82, 2.24) is 4.98 Å². The number of carboxylic acid groups (broad SMARTS) is 1. The van der Waals surface area contributed by atoms with Gasteiger partial charge in [0.1, 0.15) is 0 Å². The first kappa shape index (κ1) is 9.51. The van der Waals surface area contributed by atoms with E-state index in [1.165, 1.54) is 12.3 Å². The number of benzene rings is 1. The Labute approximate surface area is 84.0 Å². The second-order valence-corrected chi connectivity index (χ2v) is 3.20. The number of halogens is 1. The molecule has 0 spiro atoms. The van der Waals surface area contributed by atoms with Gasteiger partial charge in [0.15, 0.2) is 11.6 Å². The Balaban J connectivity index is 2.61. The van der Waals surface area contributed by atoms with E-state index in [4.69, 9.17) is 5.11 Å². The smallest absolute Gasteiger partial charge is 0.307 e. The van der Waals surface area contributed by atoms with Crippen LogP contribution in [0.1, 0.15) is 5.56 Å². The highest BCUT2D eigenvalue weighted by Gasteiger charge is 2.12. The Morgan fingerprint density at radius 1 is 1.47 bits per heavy atom. The van der Waals surface area contributed by atoms with Crippen LogP contribution in [0.4, 0.5) is 4.39 Å². The number of carboxylic acids is 1. The lowest BCUT2D eigenvalue weighted by Crippen LogP contribution is -1.98. The lowest BCUT2D eigenvalue weighted by Gasteiger charge is -1.98. The number of aromatic nitrogens is 1. The van der Waals surface area contributed by atoms with Gasteiger partial charge in [0.25, 0.3) is 0 Å². The van der Waals surface area contributed by atoms with Crippen LogP contribution in [0.15, 0.2) is 18.3 Å². The van der Waals surface area contributed by atoms with Crippen LogP contribution in [-0.4, -0.2) is 21.2 Å². The quantitative estimate of drug-likeness (QED) is 0.703. The largest absolute Gasteiger partial charge is 0.503 e. The summed E-state index contributed by atoms with van der Waals surface area (Å²) < 4.78 is 12.9. The number of carbonyl (C=O) groups is 1. The zero-order valence-electron chi connectivity index (χ0n) is 7.62. The van der Waals surface area contributed by atoms with Crippen LogP contribution >= 0.6 is 0 Å². The third-order valence-corrected chi connectivity index (χ3v) is 2.21. The summed E-state index contributed by atoms with van der Waals surface area (Å²) in [5.41, 5.74) is 0.749. The molecular formula is C10H8FNO3. The molecule has 15 heavy (non-hydrogen) atoms. The molecule has 0 saturated heterocycles. The number of phenols is 1. The predicted molar refractivity (Wildman–Crippen MR) is 51.3 cm³/mol. The molecule has 78 valence electrons. The number of aromatic hydroxyl groups is 1. The molecule has 1 aromatic heterocycles. The maximum absolute atomic E-state index is 12.9. The molecule has 0 aliphatic rings. The highest BCUT2D eigenvalue weighted by molar-refractivity contribution is 5.90. The summed E-state index contributed by atoms with van der Waals surface area (Å²) in [4.78, 5) is 13.2. The third kappa shape index (κ3) is 1.52. The van der Waals surface area contributed by atoms with Gasteiger partial charge in [-0.1, -0.05) is 0 Å². The number of hydrogen-bond donors (Lipinski definition) is 3. The Kier molecular flexibility index (Phi) is 2.07. The maximum atomic E-state index is 12.9. The molecule has 1 aromatic carbocycles. The highest BCUT2D eigenvalue weighted by atomic mass is 19.1. The van der Waals surface area contributed by atoms with E-state index in [1.807, 2.05) is 0 Å². The Hall–Kier alpha value is -2.04. The van der Waals surface area contributed by atoms with E-state index >= 15 is 0 Å². The fourth-order valence-electron chi connectivity index (χ4n) is 1.53. The van der Waals surface area contributed by atoms with E-state index in [0.29, 0.717) is 10.9 Å². The molecular weight excluding hydrogens is 201 g/mol. The molecule has 2 aromatic rings. The zero-order valence-corrected chi connectivity index (χ0v) is 7.62. The summed E-state index contributed by atoms with van der Waals surface area (Å²) in [5, 5.41) is 18.5. The van der Waals surface area contributed by atoms with Crippen molar-refractivity contribution in [3.63, 3.8) is 0 Å². The molecule has 0 aliphatic carbocycles. The Bertz CT molecular complexity index is 533. The van der Waals surface area contributed by atoms with Gasteiger partial charge >= 0.3 is 5.97 Å². The fourth-order valence-corrected chi connectivity index (χ4v) is 1.53. The minimum atomic E-state index is -0.972. The molecule has 3 N–H and O–H groups in total. The molecule has 5 heteroatoms. The van der Waals surface area contributed by atoms with Crippen LogP contribution in [0.5, 0.6) is 5.75 Å². The first-order valence-corrected chi connectivity index (χ1v) is 4.29. The van der Waals surface area contributed by atoms with Crippen molar-refractivity contribution in [2.75, 3.05) is 0 Å². The van der Waals surface area contributed by atoms with Crippen LogP contribution in [0.2, 0.25) is 0 Å². The zero-order chi connectivity index (χ0) is 11.0. The normalized spacial score (nSPS) is 10.7. The van der Waals surface area contributed by atoms with Gasteiger partial charge in [-0.3, -0.25) is 4.79 Å². The number of fused-ring (bicyclic) bond motifs is 1. The van der Waals surface area contributed by atoms with Crippen LogP contribution in [0.25, 0.3) is 10.9 Å². The monoisotopic (exact) mass is 209 g/mol. The molecule has 1 heterocycles. The van der Waals surface area contributed by atoms with Crippen molar-refractivity contribution in [2.45, 2.75) is 6.42 Å². The molecule has 0 saturated carbocycles. The average molecular weight is 209 g/mol. The number of hydrogen-bond acceptors (Lipinski definition) is 2. The second-order valence-electron chi connectivity index (χ2n) is 3.20. The van der Waals surface area contributed by atoms with Gasteiger partial charge in [-0.2, -0.15) is 0 Å². The van der Waals surface area contributed by atoms with Crippen molar-refractivity contribution >= 4 is 16.9 Å². The lowest BCUT2D eigenvalue weighted by atomic mass is 10.1. The Morgan fingerprint density at radius 3 is 2.87 bits per heavy atom. The molecule has 0 unspecified atom stereocenters. The molecule has 0 bridgehead atoms.